The van der Waals surface area contributed by atoms with E-state index in [1.54, 1.807) is 0 Å². The lowest BCUT2D eigenvalue weighted by Crippen LogP contribution is -2.02. The predicted molar refractivity (Wildman–Crippen MR) is 71.0 cm³/mol. The maximum absolute atomic E-state index is 11.6. The Hall–Kier alpha value is -1.11. The smallest absolute Gasteiger partial charge is 0.136 e. The molecule has 0 bridgehead atoms. The molecule has 1 fully saturated rings. The van der Waals surface area contributed by atoms with Crippen molar-refractivity contribution in [2.24, 2.45) is 11.8 Å². The lowest BCUT2D eigenvalue weighted by atomic mass is 9.99. The predicted octanol–water partition coefficient (Wildman–Crippen LogP) is 3.80. The maximum atomic E-state index is 11.6. The summed E-state index contributed by atoms with van der Waals surface area (Å²) in [4.78, 5) is 11.6. The van der Waals surface area contributed by atoms with Crippen molar-refractivity contribution in [1.29, 1.82) is 0 Å². The highest BCUT2D eigenvalue weighted by molar-refractivity contribution is 5.83. The summed E-state index contributed by atoms with van der Waals surface area (Å²) in [6.07, 6.45) is 5.05. The molecular weight excluding hydrogens is 208 g/mol. The van der Waals surface area contributed by atoms with Crippen LogP contribution >= 0.6 is 0 Å². The lowest BCUT2D eigenvalue weighted by molar-refractivity contribution is -0.120. The third-order valence-corrected chi connectivity index (χ3v) is 3.36. The third-order valence-electron chi connectivity index (χ3n) is 3.36. The highest BCUT2D eigenvalue weighted by atomic mass is 16.1. The molecule has 1 aromatic rings. The van der Waals surface area contributed by atoms with Crippen LogP contribution in [0, 0.1) is 11.8 Å². The second kappa shape index (κ2) is 5.48. The molecule has 0 N–H and O–H groups in total. The average molecular weight is 230 g/mol. The van der Waals surface area contributed by atoms with Crippen LogP contribution in [0.4, 0.5) is 0 Å². The molecule has 0 unspecified atom stereocenters. The van der Waals surface area contributed by atoms with Gasteiger partial charge in [-0.3, -0.25) is 4.79 Å². The van der Waals surface area contributed by atoms with Crippen molar-refractivity contribution < 1.29 is 4.79 Å². The van der Waals surface area contributed by atoms with Gasteiger partial charge in [0.2, 0.25) is 0 Å². The van der Waals surface area contributed by atoms with Crippen LogP contribution in [0.25, 0.3) is 0 Å². The van der Waals surface area contributed by atoms with Gasteiger partial charge in [-0.05, 0) is 42.7 Å². The number of aryl methyl sites for hydroxylation is 1. The van der Waals surface area contributed by atoms with Gasteiger partial charge in [-0.25, -0.2) is 0 Å². The molecule has 2 rings (SSSR count). The minimum Gasteiger partial charge on any atom is -0.299 e. The van der Waals surface area contributed by atoms with Gasteiger partial charge in [0.25, 0.3) is 0 Å². The Morgan fingerprint density at radius 3 is 2.29 bits per heavy atom. The zero-order chi connectivity index (χ0) is 12.3. The van der Waals surface area contributed by atoms with E-state index in [1.807, 2.05) is 0 Å². The van der Waals surface area contributed by atoms with Gasteiger partial charge in [0.05, 0.1) is 0 Å². The summed E-state index contributed by atoms with van der Waals surface area (Å²) in [7, 11) is 0. The van der Waals surface area contributed by atoms with E-state index >= 15 is 0 Å². The monoisotopic (exact) mass is 230 g/mol. The normalized spacial score (nSPS) is 15.2. The summed E-state index contributed by atoms with van der Waals surface area (Å²) in [5.74, 6) is 1.59. The number of carbonyl (C=O) groups is 1. The second-order valence-corrected chi connectivity index (χ2v) is 5.66. The van der Waals surface area contributed by atoms with E-state index in [-0.39, 0.29) is 0 Å². The first-order chi connectivity index (χ1) is 8.15. The van der Waals surface area contributed by atoms with Gasteiger partial charge in [-0.15, -0.1) is 0 Å². The summed E-state index contributed by atoms with van der Waals surface area (Å²) >= 11 is 0. The molecule has 1 heteroatoms. The van der Waals surface area contributed by atoms with E-state index < -0.39 is 0 Å². The topological polar surface area (TPSA) is 17.1 Å². The Morgan fingerprint density at radius 1 is 1.18 bits per heavy atom. The molecule has 1 aliphatic carbocycles. The standard InChI is InChI=1S/C16H22O/c1-12(2)11-14-5-3-13(4-6-14)7-10-16(17)15-8-9-15/h3-6,12,15H,7-11H2,1-2H3. The Balaban J connectivity index is 1.82. The third kappa shape index (κ3) is 3.99. The van der Waals surface area contributed by atoms with Gasteiger partial charge >= 0.3 is 0 Å². The van der Waals surface area contributed by atoms with Gasteiger partial charge < -0.3 is 0 Å². The Morgan fingerprint density at radius 2 is 1.76 bits per heavy atom. The fourth-order valence-corrected chi connectivity index (χ4v) is 2.19. The van der Waals surface area contributed by atoms with E-state index in [0.29, 0.717) is 17.6 Å². The van der Waals surface area contributed by atoms with Crippen molar-refractivity contribution in [2.75, 3.05) is 0 Å². The number of carbonyl (C=O) groups excluding carboxylic acids is 1. The molecule has 0 aliphatic heterocycles. The van der Waals surface area contributed by atoms with Gasteiger partial charge in [0, 0.05) is 12.3 Å². The zero-order valence-electron chi connectivity index (χ0n) is 10.9. The van der Waals surface area contributed by atoms with Gasteiger partial charge in [-0.2, -0.15) is 0 Å². The van der Waals surface area contributed by atoms with Crippen LogP contribution in [0.5, 0.6) is 0 Å². The number of ketones is 1. The molecule has 0 spiro atoms. The van der Waals surface area contributed by atoms with Gasteiger partial charge in [0.1, 0.15) is 5.78 Å². The van der Waals surface area contributed by atoms with Crippen LogP contribution in [-0.2, 0) is 17.6 Å². The first kappa shape index (κ1) is 12.3. The van der Waals surface area contributed by atoms with E-state index in [2.05, 4.69) is 38.1 Å². The number of Topliss-reactive ketones (excluding diaryl/α,β-unsaturated/α-hetero) is 1. The summed E-state index contributed by atoms with van der Waals surface area (Å²) in [5, 5.41) is 0. The summed E-state index contributed by atoms with van der Waals surface area (Å²) in [5.41, 5.74) is 2.70. The summed E-state index contributed by atoms with van der Waals surface area (Å²) in [6, 6.07) is 8.77. The number of benzene rings is 1. The quantitative estimate of drug-likeness (QED) is 0.726. The van der Waals surface area contributed by atoms with Crippen molar-refractivity contribution in [3.63, 3.8) is 0 Å². The molecule has 0 saturated heterocycles. The van der Waals surface area contributed by atoms with Crippen LogP contribution in [0.2, 0.25) is 0 Å². The molecule has 1 nitrogen and oxygen atoms in total. The van der Waals surface area contributed by atoms with Crippen LogP contribution in [0.1, 0.15) is 44.2 Å². The molecule has 1 aliphatic rings. The van der Waals surface area contributed by atoms with E-state index in [4.69, 9.17) is 0 Å². The molecule has 1 saturated carbocycles. The molecule has 0 amide bonds. The zero-order valence-corrected chi connectivity index (χ0v) is 10.9. The molecule has 17 heavy (non-hydrogen) atoms. The SMILES string of the molecule is CC(C)Cc1ccc(CCC(=O)C2CC2)cc1. The maximum Gasteiger partial charge on any atom is 0.136 e. The highest BCUT2D eigenvalue weighted by Gasteiger charge is 2.28. The minimum absolute atomic E-state index is 0.412. The van der Waals surface area contributed by atoms with Crippen LogP contribution in [0.3, 0.4) is 0 Å². The van der Waals surface area contributed by atoms with Crippen molar-refractivity contribution in [2.45, 2.75) is 46.0 Å². The fraction of sp³-hybridized carbons (Fsp3) is 0.562. The van der Waals surface area contributed by atoms with Crippen molar-refractivity contribution in [3.8, 4) is 0 Å². The van der Waals surface area contributed by atoms with E-state index in [9.17, 15) is 4.79 Å². The number of hydrogen-bond donors (Lipinski definition) is 0. The fourth-order valence-electron chi connectivity index (χ4n) is 2.19. The summed E-state index contributed by atoms with van der Waals surface area (Å²) < 4.78 is 0. The Labute approximate surface area is 104 Å². The average Bonchev–Trinajstić information content (AvgIpc) is 3.11. The lowest BCUT2D eigenvalue weighted by Gasteiger charge is -2.06. The number of rotatable bonds is 6. The first-order valence-electron chi connectivity index (χ1n) is 6.75. The Bertz CT molecular complexity index is 371. The Kier molecular flexibility index (Phi) is 3.98. The number of hydrogen-bond acceptors (Lipinski definition) is 1. The van der Waals surface area contributed by atoms with Gasteiger partial charge in [-0.1, -0.05) is 38.1 Å². The van der Waals surface area contributed by atoms with E-state index in [1.165, 1.54) is 11.1 Å². The van der Waals surface area contributed by atoms with Gasteiger partial charge in [0.15, 0.2) is 0 Å². The minimum atomic E-state index is 0.412. The molecule has 0 heterocycles. The summed E-state index contributed by atoms with van der Waals surface area (Å²) in [6.45, 7) is 4.48. The highest BCUT2D eigenvalue weighted by Crippen LogP contribution is 2.31. The molecule has 1 aromatic carbocycles. The van der Waals surface area contributed by atoms with Crippen molar-refractivity contribution in [3.05, 3.63) is 35.4 Å². The van der Waals surface area contributed by atoms with Crippen LogP contribution in [0.15, 0.2) is 24.3 Å². The van der Waals surface area contributed by atoms with E-state index in [0.717, 1.165) is 32.1 Å². The molecule has 0 radical (unpaired) electrons. The second-order valence-electron chi connectivity index (χ2n) is 5.66. The molecule has 0 atom stereocenters. The molecular formula is C16H22O. The van der Waals surface area contributed by atoms with Crippen molar-refractivity contribution in [1.82, 2.24) is 0 Å². The van der Waals surface area contributed by atoms with Crippen molar-refractivity contribution >= 4 is 5.78 Å². The first-order valence-corrected chi connectivity index (χ1v) is 6.75. The molecule has 92 valence electrons. The van der Waals surface area contributed by atoms with Crippen LogP contribution in [-0.4, -0.2) is 5.78 Å². The van der Waals surface area contributed by atoms with Crippen LogP contribution < -0.4 is 0 Å². The largest absolute Gasteiger partial charge is 0.299 e. The molecule has 0 aromatic heterocycles.